The molecule has 4 rings (SSSR count). The molecule has 0 radical (unpaired) electrons. The summed E-state index contributed by atoms with van der Waals surface area (Å²) in [5.74, 6) is -0.0711. The summed E-state index contributed by atoms with van der Waals surface area (Å²) in [5.41, 5.74) is 9.48. The molecule has 3 N–H and O–H groups in total. The van der Waals surface area contributed by atoms with Crippen molar-refractivity contribution in [1.29, 1.82) is 0 Å². The first-order valence-corrected chi connectivity index (χ1v) is 8.75. The summed E-state index contributed by atoms with van der Waals surface area (Å²) in [6, 6.07) is 19.0. The Hall–Kier alpha value is -3.80. The maximum absolute atomic E-state index is 13.8. The van der Waals surface area contributed by atoms with Crippen LogP contribution in [0.4, 0.5) is 4.39 Å². The fourth-order valence-corrected chi connectivity index (χ4v) is 3.03. The Morgan fingerprint density at radius 3 is 2.54 bits per heavy atom. The number of carbonyl (C=O) groups excluding carboxylic acids is 1. The molecule has 0 aliphatic carbocycles. The lowest BCUT2D eigenvalue weighted by atomic mass is 10.1. The number of primary amides is 1. The molecule has 0 aliphatic rings. The molecule has 138 valence electrons. The van der Waals surface area contributed by atoms with Crippen molar-refractivity contribution in [3.8, 4) is 22.6 Å². The number of benzene rings is 2. The SMILES string of the molecule is NC(=O)c1ccc(Cc2nc(-c3cccc(F)c3)c(-c3ccccn3)[nH]2)cc1. The van der Waals surface area contributed by atoms with Gasteiger partial charge in [-0.1, -0.05) is 30.3 Å². The van der Waals surface area contributed by atoms with E-state index in [2.05, 4.69) is 9.97 Å². The van der Waals surface area contributed by atoms with E-state index in [0.29, 0.717) is 29.1 Å². The van der Waals surface area contributed by atoms with Crippen molar-refractivity contribution in [1.82, 2.24) is 15.0 Å². The number of nitrogens with two attached hydrogens (primary N) is 1. The maximum Gasteiger partial charge on any atom is 0.248 e. The molecule has 2 aromatic heterocycles. The van der Waals surface area contributed by atoms with Crippen molar-refractivity contribution in [2.24, 2.45) is 5.73 Å². The van der Waals surface area contributed by atoms with Gasteiger partial charge in [-0.25, -0.2) is 9.37 Å². The molecule has 0 bridgehead atoms. The quantitative estimate of drug-likeness (QED) is 0.556. The monoisotopic (exact) mass is 372 g/mol. The number of aromatic amines is 1. The van der Waals surface area contributed by atoms with Crippen LogP contribution in [-0.4, -0.2) is 20.9 Å². The molecule has 0 aliphatic heterocycles. The number of pyridine rings is 1. The van der Waals surface area contributed by atoms with Gasteiger partial charge in [-0.15, -0.1) is 0 Å². The number of nitrogens with one attached hydrogen (secondary N) is 1. The van der Waals surface area contributed by atoms with Crippen LogP contribution in [0.5, 0.6) is 0 Å². The largest absolute Gasteiger partial charge is 0.366 e. The highest BCUT2D eigenvalue weighted by molar-refractivity contribution is 5.92. The molecule has 0 fully saturated rings. The molecule has 28 heavy (non-hydrogen) atoms. The summed E-state index contributed by atoms with van der Waals surface area (Å²) >= 11 is 0. The normalized spacial score (nSPS) is 10.8. The van der Waals surface area contributed by atoms with E-state index in [0.717, 1.165) is 17.0 Å². The smallest absolute Gasteiger partial charge is 0.248 e. The predicted octanol–water partition coefficient (Wildman–Crippen LogP) is 3.97. The third kappa shape index (κ3) is 3.66. The van der Waals surface area contributed by atoms with Crippen LogP contribution < -0.4 is 5.73 Å². The summed E-state index contributed by atoms with van der Waals surface area (Å²) in [5, 5.41) is 0. The van der Waals surface area contributed by atoms with Crippen molar-refractivity contribution >= 4 is 5.91 Å². The number of carbonyl (C=O) groups is 1. The Balaban J connectivity index is 1.74. The van der Waals surface area contributed by atoms with Crippen LogP contribution in [0.1, 0.15) is 21.7 Å². The number of halogens is 1. The van der Waals surface area contributed by atoms with E-state index in [4.69, 9.17) is 10.7 Å². The third-order valence-corrected chi connectivity index (χ3v) is 4.38. The molecular formula is C22H17FN4O. The summed E-state index contributed by atoms with van der Waals surface area (Å²) in [7, 11) is 0. The molecule has 0 spiro atoms. The number of hydrogen-bond acceptors (Lipinski definition) is 3. The van der Waals surface area contributed by atoms with Gasteiger partial charge in [0.05, 0.1) is 17.1 Å². The highest BCUT2D eigenvalue weighted by atomic mass is 19.1. The van der Waals surface area contributed by atoms with Crippen LogP contribution >= 0.6 is 0 Å². The summed E-state index contributed by atoms with van der Waals surface area (Å²) in [6.07, 6.45) is 2.22. The fourth-order valence-electron chi connectivity index (χ4n) is 3.03. The molecule has 0 atom stereocenters. The van der Waals surface area contributed by atoms with Gasteiger partial charge in [0.15, 0.2) is 0 Å². The van der Waals surface area contributed by atoms with Crippen molar-refractivity contribution < 1.29 is 9.18 Å². The number of amides is 1. The lowest BCUT2D eigenvalue weighted by molar-refractivity contribution is 0.100. The number of hydrogen-bond donors (Lipinski definition) is 2. The first-order chi connectivity index (χ1) is 13.6. The maximum atomic E-state index is 13.8. The summed E-state index contributed by atoms with van der Waals surface area (Å²) in [6.45, 7) is 0. The summed E-state index contributed by atoms with van der Waals surface area (Å²) < 4.78 is 13.8. The number of rotatable bonds is 5. The molecule has 5 nitrogen and oxygen atoms in total. The molecule has 0 saturated carbocycles. The molecule has 4 aromatic rings. The summed E-state index contributed by atoms with van der Waals surface area (Å²) in [4.78, 5) is 23.6. The second-order valence-corrected chi connectivity index (χ2v) is 6.37. The van der Waals surface area contributed by atoms with Gasteiger partial charge in [0, 0.05) is 23.7 Å². The van der Waals surface area contributed by atoms with Crippen molar-refractivity contribution in [2.75, 3.05) is 0 Å². The minimum atomic E-state index is -0.463. The van der Waals surface area contributed by atoms with Crippen molar-refractivity contribution in [3.63, 3.8) is 0 Å². The van der Waals surface area contributed by atoms with Crippen LogP contribution in [0, 0.1) is 5.82 Å². The lowest BCUT2D eigenvalue weighted by Gasteiger charge is -2.02. The van der Waals surface area contributed by atoms with E-state index in [1.807, 2.05) is 36.4 Å². The molecule has 2 heterocycles. The average molecular weight is 372 g/mol. The van der Waals surface area contributed by atoms with Crippen LogP contribution in [0.15, 0.2) is 72.9 Å². The van der Waals surface area contributed by atoms with Crippen molar-refractivity contribution in [3.05, 3.63) is 95.7 Å². The highest BCUT2D eigenvalue weighted by Crippen LogP contribution is 2.30. The Morgan fingerprint density at radius 2 is 1.86 bits per heavy atom. The van der Waals surface area contributed by atoms with Gasteiger partial charge in [0.25, 0.3) is 0 Å². The van der Waals surface area contributed by atoms with Crippen LogP contribution in [0.3, 0.4) is 0 Å². The van der Waals surface area contributed by atoms with E-state index >= 15 is 0 Å². The third-order valence-electron chi connectivity index (χ3n) is 4.38. The van der Waals surface area contributed by atoms with Crippen LogP contribution in [-0.2, 0) is 6.42 Å². The zero-order chi connectivity index (χ0) is 19.5. The van der Waals surface area contributed by atoms with Gasteiger partial charge in [0.1, 0.15) is 11.6 Å². The topological polar surface area (TPSA) is 84.7 Å². The van der Waals surface area contributed by atoms with Gasteiger partial charge >= 0.3 is 0 Å². The molecule has 2 aromatic carbocycles. The zero-order valence-electron chi connectivity index (χ0n) is 14.9. The van der Waals surface area contributed by atoms with E-state index in [9.17, 15) is 9.18 Å². The van der Waals surface area contributed by atoms with Gasteiger partial charge in [-0.3, -0.25) is 9.78 Å². The van der Waals surface area contributed by atoms with E-state index in [1.165, 1.54) is 12.1 Å². The fraction of sp³-hybridized carbons (Fsp3) is 0.0455. The molecular weight excluding hydrogens is 355 g/mol. The van der Waals surface area contributed by atoms with Gasteiger partial charge in [-0.05, 0) is 42.0 Å². The predicted molar refractivity (Wildman–Crippen MR) is 105 cm³/mol. The molecule has 1 amide bonds. The van der Waals surface area contributed by atoms with E-state index in [-0.39, 0.29) is 5.82 Å². The van der Waals surface area contributed by atoms with Gasteiger partial charge in [-0.2, -0.15) is 0 Å². The number of nitrogens with zero attached hydrogens (tertiary/aromatic N) is 2. The Kier molecular flexibility index (Phi) is 4.68. The molecule has 0 unspecified atom stereocenters. The first-order valence-electron chi connectivity index (χ1n) is 8.75. The van der Waals surface area contributed by atoms with E-state index < -0.39 is 5.91 Å². The first kappa shape index (κ1) is 17.6. The van der Waals surface area contributed by atoms with Crippen LogP contribution in [0.25, 0.3) is 22.6 Å². The standard InChI is InChI=1S/C22H17FN4O/c23-17-5-3-4-16(13-17)20-21(18-6-1-2-11-25-18)27-19(26-20)12-14-7-9-15(10-8-14)22(24)28/h1-11,13H,12H2,(H2,24,28)(H,26,27). The van der Waals surface area contributed by atoms with Crippen molar-refractivity contribution in [2.45, 2.75) is 6.42 Å². The number of imidazole rings is 1. The van der Waals surface area contributed by atoms with Crippen LogP contribution in [0.2, 0.25) is 0 Å². The Morgan fingerprint density at radius 1 is 1.04 bits per heavy atom. The Bertz CT molecular complexity index is 1120. The molecule has 0 saturated heterocycles. The van der Waals surface area contributed by atoms with E-state index in [1.54, 1.807) is 24.4 Å². The highest BCUT2D eigenvalue weighted by Gasteiger charge is 2.16. The minimum Gasteiger partial charge on any atom is -0.366 e. The minimum absolute atomic E-state index is 0.323. The second-order valence-electron chi connectivity index (χ2n) is 6.37. The van der Waals surface area contributed by atoms with Gasteiger partial charge in [0.2, 0.25) is 5.91 Å². The average Bonchev–Trinajstić information content (AvgIpc) is 3.13. The number of aromatic nitrogens is 3. The zero-order valence-corrected chi connectivity index (χ0v) is 14.9. The number of H-pyrrole nitrogens is 1. The lowest BCUT2D eigenvalue weighted by Crippen LogP contribution is -2.10. The Labute approximate surface area is 161 Å². The second kappa shape index (κ2) is 7.44. The van der Waals surface area contributed by atoms with Gasteiger partial charge < -0.3 is 10.7 Å². The molecule has 6 heteroatoms.